The number of furan rings is 1. The summed E-state index contributed by atoms with van der Waals surface area (Å²) < 4.78 is 10.9. The maximum atomic E-state index is 11.8. The van der Waals surface area contributed by atoms with Crippen molar-refractivity contribution in [1.29, 1.82) is 0 Å². The Morgan fingerprint density at radius 3 is 2.85 bits per heavy atom. The maximum absolute atomic E-state index is 11.8. The van der Waals surface area contributed by atoms with E-state index in [1.807, 2.05) is 30.3 Å². The number of carbonyl (C=O) groups excluding carboxylic acids is 1. The fourth-order valence-electron chi connectivity index (χ4n) is 2.09. The molecule has 1 saturated carbocycles. The minimum Gasteiger partial charge on any atom is -0.453 e. The molecule has 2 heterocycles. The predicted octanol–water partition coefficient (Wildman–Crippen LogP) is 2.98. The molecule has 20 heavy (non-hydrogen) atoms. The average Bonchev–Trinajstić information content (AvgIpc) is 3.00. The SMILES string of the molecule is O=C(NC1CC1)c1cc(-c2cc3ccccc3o2)on1. The van der Waals surface area contributed by atoms with Gasteiger partial charge < -0.3 is 14.3 Å². The zero-order valence-corrected chi connectivity index (χ0v) is 10.6. The Morgan fingerprint density at radius 2 is 2.05 bits per heavy atom. The van der Waals surface area contributed by atoms with Gasteiger partial charge in [-0.3, -0.25) is 4.79 Å². The van der Waals surface area contributed by atoms with E-state index < -0.39 is 0 Å². The molecule has 3 aromatic rings. The van der Waals surface area contributed by atoms with Gasteiger partial charge in [0.2, 0.25) is 5.76 Å². The quantitative estimate of drug-likeness (QED) is 0.792. The molecule has 5 heteroatoms. The van der Waals surface area contributed by atoms with Gasteiger partial charge in [-0.25, -0.2) is 0 Å². The van der Waals surface area contributed by atoms with E-state index in [0.717, 1.165) is 23.8 Å². The van der Waals surface area contributed by atoms with E-state index in [9.17, 15) is 4.79 Å². The van der Waals surface area contributed by atoms with Gasteiger partial charge in [0, 0.05) is 17.5 Å². The van der Waals surface area contributed by atoms with E-state index in [-0.39, 0.29) is 11.6 Å². The number of para-hydroxylation sites is 1. The number of aromatic nitrogens is 1. The van der Waals surface area contributed by atoms with E-state index in [0.29, 0.717) is 17.6 Å². The minimum absolute atomic E-state index is 0.196. The van der Waals surface area contributed by atoms with Crippen LogP contribution in [0.1, 0.15) is 23.3 Å². The van der Waals surface area contributed by atoms with E-state index >= 15 is 0 Å². The predicted molar refractivity (Wildman–Crippen MR) is 72.2 cm³/mol. The molecule has 100 valence electrons. The number of fused-ring (bicyclic) bond motifs is 1. The zero-order valence-electron chi connectivity index (χ0n) is 10.6. The van der Waals surface area contributed by atoms with Crippen LogP contribution < -0.4 is 5.32 Å². The van der Waals surface area contributed by atoms with Gasteiger partial charge in [-0.2, -0.15) is 0 Å². The highest BCUT2D eigenvalue weighted by molar-refractivity contribution is 5.93. The molecule has 0 radical (unpaired) electrons. The van der Waals surface area contributed by atoms with Gasteiger partial charge in [0.15, 0.2) is 11.5 Å². The van der Waals surface area contributed by atoms with Crippen LogP contribution in [0.15, 0.2) is 45.3 Å². The molecular weight excluding hydrogens is 256 g/mol. The monoisotopic (exact) mass is 268 g/mol. The lowest BCUT2D eigenvalue weighted by atomic mass is 10.2. The lowest BCUT2D eigenvalue weighted by Crippen LogP contribution is -2.25. The highest BCUT2D eigenvalue weighted by atomic mass is 16.5. The molecule has 1 N–H and O–H groups in total. The number of hydrogen-bond acceptors (Lipinski definition) is 4. The number of benzene rings is 1. The third-order valence-electron chi connectivity index (χ3n) is 3.32. The Kier molecular flexibility index (Phi) is 2.39. The molecule has 5 nitrogen and oxygen atoms in total. The number of rotatable bonds is 3. The van der Waals surface area contributed by atoms with Crippen molar-refractivity contribution in [1.82, 2.24) is 10.5 Å². The minimum atomic E-state index is -0.196. The highest BCUT2D eigenvalue weighted by Crippen LogP contribution is 2.28. The van der Waals surface area contributed by atoms with Crippen molar-refractivity contribution in [3.63, 3.8) is 0 Å². The van der Waals surface area contributed by atoms with E-state index in [1.165, 1.54) is 0 Å². The summed E-state index contributed by atoms with van der Waals surface area (Å²) in [5.41, 5.74) is 1.07. The Bertz CT molecular complexity index is 750. The van der Waals surface area contributed by atoms with Gasteiger partial charge in [-0.15, -0.1) is 0 Å². The van der Waals surface area contributed by atoms with Gasteiger partial charge >= 0.3 is 0 Å². The number of nitrogens with one attached hydrogen (secondary N) is 1. The third kappa shape index (κ3) is 1.97. The topological polar surface area (TPSA) is 68.3 Å². The van der Waals surface area contributed by atoms with Crippen molar-refractivity contribution in [3.8, 4) is 11.5 Å². The van der Waals surface area contributed by atoms with E-state index in [2.05, 4.69) is 10.5 Å². The zero-order chi connectivity index (χ0) is 13.5. The van der Waals surface area contributed by atoms with Crippen molar-refractivity contribution in [2.45, 2.75) is 18.9 Å². The van der Waals surface area contributed by atoms with Gasteiger partial charge in [-0.1, -0.05) is 23.4 Å². The largest absolute Gasteiger partial charge is 0.453 e. The molecule has 4 rings (SSSR count). The fourth-order valence-corrected chi connectivity index (χ4v) is 2.09. The number of hydrogen-bond donors (Lipinski definition) is 1. The van der Waals surface area contributed by atoms with Gasteiger partial charge in [0.05, 0.1) is 0 Å². The summed E-state index contributed by atoms with van der Waals surface area (Å²) in [6, 6.07) is 11.5. The summed E-state index contributed by atoms with van der Waals surface area (Å²) in [6.45, 7) is 0. The Balaban J connectivity index is 1.64. The van der Waals surface area contributed by atoms with Gasteiger partial charge in [-0.05, 0) is 25.0 Å². The molecule has 2 aromatic heterocycles. The number of carbonyl (C=O) groups is 1. The smallest absolute Gasteiger partial charge is 0.273 e. The molecule has 0 spiro atoms. The first-order valence-corrected chi connectivity index (χ1v) is 6.56. The molecule has 0 aliphatic heterocycles. The van der Waals surface area contributed by atoms with E-state index in [1.54, 1.807) is 6.07 Å². The van der Waals surface area contributed by atoms with Crippen LogP contribution in [0.2, 0.25) is 0 Å². The van der Waals surface area contributed by atoms with Gasteiger partial charge in [0.25, 0.3) is 5.91 Å². The second-order valence-corrected chi connectivity index (χ2v) is 4.97. The van der Waals surface area contributed by atoms with Crippen LogP contribution >= 0.6 is 0 Å². The molecule has 1 aliphatic rings. The van der Waals surface area contributed by atoms with Crippen LogP contribution in [0.3, 0.4) is 0 Å². The summed E-state index contributed by atoms with van der Waals surface area (Å²) >= 11 is 0. The summed E-state index contributed by atoms with van der Waals surface area (Å²) in [4.78, 5) is 11.8. The molecular formula is C15H12N2O3. The summed E-state index contributed by atoms with van der Waals surface area (Å²) in [6.07, 6.45) is 2.08. The Labute approximate surface area is 114 Å². The van der Waals surface area contributed by atoms with Crippen molar-refractivity contribution in [2.75, 3.05) is 0 Å². The van der Waals surface area contributed by atoms with Crippen LogP contribution in [0.4, 0.5) is 0 Å². The molecule has 1 amide bonds. The van der Waals surface area contributed by atoms with Crippen LogP contribution in [-0.4, -0.2) is 17.1 Å². The van der Waals surface area contributed by atoms with Crippen molar-refractivity contribution >= 4 is 16.9 Å². The summed E-state index contributed by atoms with van der Waals surface area (Å²) in [5.74, 6) is 0.838. The molecule has 1 aliphatic carbocycles. The normalized spacial score (nSPS) is 14.6. The van der Waals surface area contributed by atoms with Gasteiger partial charge in [0.1, 0.15) is 5.58 Å². The Morgan fingerprint density at radius 1 is 1.20 bits per heavy atom. The first-order valence-electron chi connectivity index (χ1n) is 6.56. The first-order chi connectivity index (χ1) is 9.79. The fraction of sp³-hybridized carbons (Fsp3) is 0.200. The summed E-state index contributed by atoms with van der Waals surface area (Å²) in [5, 5.41) is 7.65. The van der Waals surface area contributed by atoms with Crippen LogP contribution in [0.5, 0.6) is 0 Å². The number of amides is 1. The molecule has 0 atom stereocenters. The lowest BCUT2D eigenvalue weighted by Gasteiger charge is -1.96. The van der Waals surface area contributed by atoms with Crippen molar-refractivity contribution < 1.29 is 13.7 Å². The lowest BCUT2D eigenvalue weighted by molar-refractivity contribution is 0.0942. The molecule has 0 bridgehead atoms. The van der Waals surface area contributed by atoms with Crippen LogP contribution in [0.25, 0.3) is 22.5 Å². The molecule has 0 unspecified atom stereocenters. The molecule has 1 aromatic carbocycles. The third-order valence-corrected chi connectivity index (χ3v) is 3.32. The van der Waals surface area contributed by atoms with E-state index in [4.69, 9.17) is 8.94 Å². The average molecular weight is 268 g/mol. The Hall–Kier alpha value is -2.56. The highest BCUT2D eigenvalue weighted by Gasteiger charge is 2.25. The maximum Gasteiger partial charge on any atom is 0.273 e. The van der Waals surface area contributed by atoms with Crippen molar-refractivity contribution in [2.24, 2.45) is 0 Å². The number of nitrogens with zero attached hydrogens (tertiary/aromatic N) is 1. The second kappa shape index (κ2) is 4.23. The van der Waals surface area contributed by atoms with Crippen molar-refractivity contribution in [3.05, 3.63) is 42.1 Å². The standard InChI is InChI=1S/C15H12N2O3/c18-15(16-10-5-6-10)11-8-14(20-17-11)13-7-9-3-1-2-4-12(9)19-13/h1-4,7-8,10H,5-6H2,(H,16,18). The molecule has 0 saturated heterocycles. The first kappa shape index (κ1) is 11.3. The second-order valence-electron chi connectivity index (χ2n) is 4.97. The van der Waals surface area contributed by atoms with Crippen LogP contribution in [0, 0.1) is 0 Å². The van der Waals surface area contributed by atoms with Crippen LogP contribution in [-0.2, 0) is 0 Å². The summed E-state index contributed by atoms with van der Waals surface area (Å²) in [7, 11) is 0. The molecule has 1 fully saturated rings.